The van der Waals surface area contributed by atoms with Gasteiger partial charge in [0, 0.05) is 30.6 Å². The molecule has 3 heterocycles. The number of ether oxygens (including phenoxy) is 2. The minimum atomic E-state index is 0. The lowest BCUT2D eigenvalue weighted by atomic mass is 10.2. The first-order chi connectivity index (χ1) is 11.7. The van der Waals surface area contributed by atoms with E-state index in [1.807, 2.05) is 35.5 Å². The molecule has 1 aromatic carbocycles. The van der Waals surface area contributed by atoms with Gasteiger partial charge in [0.1, 0.15) is 5.01 Å². The molecule has 2 aromatic rings. The SMILES string of the molecule is CN(C(=O)Cc1csc(-c2ccc3c(c2)OCO3)n1)C1CCNC1.Cl.Cl. The molecule has 1 N–H and O–H groups in total. The minimum Gasteiger partial charge on any atom is -0.454 e. The Kier molecular flexibility index (Phi) is 7.11. The highest BCUT2D eigenvalue weighted by molar-refractivity contribution is 7.13. The van der Waals surface area contributed by atoms with E-state index < -0.39 is 0 Å². The molecule has 0 saturated carbocycles. The molecule has 0 radical (unpaired) electrons. The van der Waals surface area contributed by atoms with Gasteiger partial charge in [0.25, 0.3) is 0 Å². The molecule has 142 valence electrons. The fourth-order valence-corrected chi connectivity index (χ4v) is 3.82. The zero-order chi connectivity index (χ0) is 16.5. The van der Waals surface area contributed by atoms with Gasteiger partial charge < -0.3 is 19.7 Å². The molecule has 9 heteroatoms. The maximum absolute atomic E-state index is 12.4. The maximum Gasteiger partial charge on any atom is 0.231 e. The molecule has 1 atom stereocenters. The Labute approximate surface area is 168 Å². The highest BCUT2D eigenvalue weighted by Crippen LogP contribution is 2.36. The summed E-state index contributed by atoms with van der Waals surface area (Å²) < 4.78 is 10.7. The van der Waals surface area contributed by atoms with E-state index in [2.05, 4.69) is 10.3 Å². The number of benzene rings is 1. The van der Waals surface area contributed by atoms with Crippen molar-refractivity contribution < 1.29 is 14.3 Å². The number of carbonyl (C=O) groups excluding carboxylic acids is 1. The van der Waals surface area contributed by atoms with Crippen molar-refractivity contribution in [1.29, 1.82) is 0 Å². The summed E-state index contributed by atoms with van der Waals surface area (Å²) in [5, 5.41) is 6.14. The lowest BCUT2D eigenvalue weighted by Gasteiger charge is -2.23. The molecule has 1 aromatic heterocycles. The van der Waals surface area contributed by atoms with Crippen molar-refractivity contribution in [3.8, 4) is 22.1 Å². The molecular weight excluding hydrogens is 397 g/mol. The van der Waals surface area contributed by atoms with Crippen molar-refractivity contribution in [2.75, 3.05) is 26.9 Å². The number of nitrogens with one attached hydrogen (secondary N) is 1. The zero-order valence-electron chi connectivity index (χ0n) is 14.3. The van der Waals surface area contributed by atoms with Crippen LogP contribution in [-0.4, -0.2) is 48.8 Å². The Morgan fingerprint density at radius 2 is 2.15 bits per heavy atom. The molecule has 4 rings (SSSR count). The van der Waals surface area contributed by atoms with Gasteiger partial charge >= 0.3 is 0 Å². The average molecular weight is 418 g/mol. The van der Waals surface area contributed by atoms with E-state index in [0.29, 0.717) is 12.5 Å². The number of carbonyl (C=O) groups is 1. The highest BCUT2D eigenvalue weighted by Gasteiger charge is 2.24. The highest BCUT2D eigenvalue weighted by atomic mass is 35.5. The fourth-order valence-electron chi connectivity index (χ4n) is 3.00. The predicted molar refractivity (Wildman–Crippen MR) is 106 cm³/mol. The van der Waals surface area contributed by atoms with E-state index in [0.717, 1.165) is 47.3 Å². The number of fused-ring (bicyclic) bond motifs is 1. The van der Waals surface area contributed by atoms with E-state index in [-0.39, 0.29) is 37.5 Å². The van der Waals surface area contributed by atoms with Gasteiger partial charge in [0.2, 0.25) is 12.7 Å². The molecule has 2 aliphatic rings. The normalized spacial score (nSPS) is 17.3. The second kappa shape index (κ2) is 8.90. The van der Waals surface area contributed by atoms with Gasteiger partial charge in [-0.2, -0.15) is 0 Å². The molecule has 26 heavy (non-hydrogen) atoms. The van der Waals surface area contributed by atoms with Crippen LogP contribution in [0.1, 0.15) is 12.1 Å². The first-order valence-electron chi connectivity index (χ1n) is 8.01. The summed E-state index contributed by atoms with van der Waals surface area (Å²) in [6, 6.07) is 6.09. The summed E-state index contributed by atoms with van der Waals surface area (Å²) in [5.41, 5.74) is 1.80. The number of amides is 1. The quantitative estimate of drug-likeness (QED) is 0.828. The molecule has 0 bridgehead atoms. The third kappa shape index (κ3) is 4.23. The largest absolute Gasteiger partial charge is 0.454 e. The van der Waals surface area contributed by atoms with Gasteiger partial charge in [0.15, 0.2) is 11.5 Å². The molecule has 1 fully saturated rings. The van der Waals surface area contributed by atoms with E-state index in [4.69, 9.17) is 9.47 Å². The van der Waals surface area contributed by atoms with Crippen LogP contribution >= 0.6 is 36.2 Å². The third-order valence-electron chi connectivity index (χ3n) is 4.48. The van der Waals surface area contributed by atoms with Gasteiger partial charge in [-0.3, -0.25) is 4.79 Å². The van der Waals surface area contributed by atoms with Crippen molar-refractivity contribution in [2.45, 2.75) is 18.9 Å². The number of rotatable bonds is 4. The van der Waals surface area contributed by atoms with E-state index in [9.17, 15) is 4.79 Å². The first-order valence-corrected chi connectivity index (χ1v) is 8.89. The molecule has 1 unspecified atom stereocenters. The Morgan fingerprint density at radius 1 is 1.35 bits per heavy atom. The van der Waals surface area contributed by atoms with Crippen molar-refractivity contribution in [3.63, 3.8) is 0 Å². The Morgan fingerprint density at radius 3 is 2.92 bits per heavy atom. The van der Waals surface area contributed by atoms with Gasteiger partial charge in [-0.15, -0.1) is 36.2 Å². The Hall–Kier alpha value is -1.54. The van der Waals surface area contributed by atoms with Crippen molar-refractivity contribution in [1.82, 2.24) is 15.2 Å². The molecule has 2 aliphatic heterocycles. The fraction of sp³-hybridized carbons (Fsp3) is 0.412. The Bertz CT molecular complexity index is 765. The van der Waals surface area contributed by atoms with Gasteiger partial charge in [-0.05, 0) is 31.2 Å². The summed E-state index contributed by atoms with van der Waals surface area (Å²) in [4.78, 5) is 18.9. The third-order valence-corrected chi connectivity index (χ3v) is 5.42. The number of aromatic nitrogens is 1. The average Bonchev–Trinajstić information content (AvgIpc) is 3.34. The van der Waals surface area contributed by atoms with Crippen LogP contribution in [0.5, 0.6) is 11.5 Å². The topological polar surface area (TPSA) is 63.7 Å². The molecule has 6 nitrogen and oxygen atoms in total. The van der Waals surface area contributed by atoms with Crippen LogP contribution in [0.15, 0.2) is 23.6 Å². The molecular formula is C17H21Cl2N3O3S. The van der Waals surface area contributed by atoms with E-state index >= 15 is 0 Å². The van der Waals surface area contributed by atoms with Crippen molar-refractivity contribution >= 4 is 42.1 Å². The summed E-state index contributed by atoms with van der Waals surface area (Å²) in [6.45, 7) is 2.12. The van der Waals surface area contributed by atoms with Crippen LogP contribution < -0.4 is 14.8 Å². The number of hydrogen-bond acceptors (Lipinski definition) is 6. The lowest BCUT2D eigenvalue weighted by Crippen LogP contribution is -2.39. The molecule has 0 aliphatic carbocycles. The van der Waals surface area contributed by atoms with Crippen molar-refractivity contribution in [3.05, 3.63) is 29.3 Å². The summed E-state index contributed by atoms with van der Waals surface area (Å²) in [6.07, 6.45) is 1.36. The van der Waals surface area contributed by atoms with Crippen LogP contribution in [0.25, 0.3) is 10.6 Å². The monoisotopic (exact) mass is 417 g/mol. The second-order valence-corrected chi connectivity index (χ2v) is 6.90. The lowest BCUT2D eigenvalue weighted by molar-refractivity contribution is -0.130. The van der Waals surface area contributed by atoms with Gasteiger partial charge in [-0.1, -0.05) is 0 Å². The number of halogens is 2. The number of nitrogens with zero attached hydrogens (tertiary/aromatic N) is 2. The van der Waals surface area contributed by atoms with E-state index in [1.54, 1.807) is 11.3 Å². The van der Waals surface area contributed by atoms with Crippen LogP contribution in [0.2, 0.25) is 0 Å². The summed E-state index contributed by atoms with van der Waals surface area (Å²) >= 11 is 1.54. The molecule has 0 spiro atoms. The first kappa shape index (κ1) is 20.8. The van der Waals surface area contributed by atoms with Crippen molar-refractivity contribution in [2.24, 2.45) is 0 Å². The number of thiazole rings is 1. The summed E-state index contributed by atoms with van der Waals surface area (Å²) in [5.74, 6) is 1.62. The number of likely N-dealkylation sites (N-methyl/N-ethyl adjacent to an activating group) is 1. The zero-order valence-corrected chi connectivity index (χ0v) is 16.7. The molecule has 1 amide bonds. The van der Waals surface area contributed by atoms with Crippen LogP contribution in [0.3, 0.4) is 0 Å². The van der Waals surface area contributed by atoms with Crippen LogP contribution in [0.4, 0.5) is 0 Å². The minimum absolute atomic E-state index is 0. The van der Waals surface area contributed by atoms with Gasteiger partial charge in [-0.25, -0.2) is 4.98 Å². The van der Waals surface area contributed by atoms with E-state index in [1.165, 1.54) is 0 Å². The second-order valence-electron chi connectivity index (χ2n) is 6.04. The van der Waals surface area contributed by atoms with Crippen LogP contribution in [0, 0.1) is 0 Å². The van der Waals surface area contributed by atoms with Crippen LogP contribution in [-0.2, 0) is 11.2 Å². The maximum atomic E-state index is 12.4. The summed E-state index contributed by atoms with van der Waals surface area (Å²) in [7, 11) is 1.88. The Balaban J connectivity index is 0.00000121. The predicted octanol–water partition coefficient (Wildman–Crippen LogP) is 2.75. The number of hydrogen-bond donors (Lipinski definition) is 1. The standard InChI is InChI=1S/C17H19N3O3S.2ClH/c1-20(13-4-5-18-8-13)16(21)7-12-9-24-17(19-12)11-2-3-14-15(6-11)23-10-22-14;;/h2-3,6,9,13,18H,4-5,7-8,10H2,1H3;2*1H. The van der Waals surface area contributed by atoms with Gasteiger partial charge in [0.05, 0.1) is 12.1 Å². The molecule has 1 saturated heterocycles. The smallest absolute Gasteiger partial charge is 0.231 e.